The summed E-state index contributed by atoms with van der Waals surface area (Å²) in [4.78, 5) is 22.9. The largest absolute Gasteiger partial charge is 0.481 e. The summed E-state index contributed by atoms with van der Waals surface area (Å²) in [5, 5.41) is 12.1. The highest BCUT2D eigenvalue weighted by atomic mass is 79.9. The Hall–Kier alpha value is -1.07. The minimum absolute atomic E-state index is 0.159. The molecule has 0 aromatic heterocycles. The SMILES string of the molecule is O=C(O)[C@H]1CC[C@@H](C(=O)Nc2ccc(Br)cc2Cl)C1. The molecule has 0 heterocycles. The lowest BCUT2D eigenvalue weighted by atomic mass is 10.0. The van der Waals surface area contributed by atoms with Crippen molar-refractivity contribution < 1.29 is 14.7 Å². The molecule has 2 N–H and O–H groups in total. The van der Waals surface area contributed by atoms with Crippen LogP contribution in [0.15, 0.2) is 22.7 Å². The van der Waals surface area contributed by atoms with Crippen molar-refractivity contribution in [3.63, 3.8) is 0 Å². The summed E-state index contributed by atoms with van der Waals surface area (Å²) in [5.41, 5.74) is 0.550. The van der Waals surface area contributed by atoms with Crippen molar-refractivity contribution in [3.05, 3.63) is 27.7 Å². The van der Waals surface area contributed by atoms with Gasteiger partial charge in [-0.05, 0) is 37.5 Å². The maximum absolute atomic E-state index is 12.0. The molecular formula is C13H13BrClNO3. The number of aliphatic carboxylic acids is 1. The number of hydrogen-bond acceptors (Lipinski definition) is 2. The topological polar surface area (TPSA) is 66.4 Å². The number of amides is 1. The number of anilines is 1. The van der Waals surface area contributed by atoms with Gasteiger partial charge in [0, 0.05) is 10.4 Å². The first-order chi connectivity index (χ1) is 8.97. The van der Waals surface area contributed by atoms with Crippen molar-refractivity contribution in [2.75, 3.05) is 5.32 Å². The molecule has 1 saturated carbocycles. The van der Waals surface area contributed by atoms with Gasteiger partial charge in [0.1, 0.15) is 0 Å². The molecule has 1 aliphatic carbocycles. The lowest BCUT2D eigenvalue weighted by molar-refractivity contribution is -0.141. The summed E-state index contributed by atoms with van der Waals surface area (Å²) >= 11 is 9.31. The normalized spacial score (nSPS) is 22.2. The Kier molecular flexibility index (Phi) is 4.47. The van der Waals surface area contributed by atoms with Gasteiger partial charge in [0.25, 0.3) is 0 Å². The number of halogens is 2. The van der Waals surface area contributed by atoms with E-state index < -0.39 is 11.9 Å². The molecule has 102 valence electrons. The van der Waals surface area contributed by atoms with Crippen LogP contribution >= 0.6 is 27.5 Å². The molecule has 0 radical (unpaired) electrons. The van der Waals surface area contributed by atoms with Crippen LogP contribution in [0.25, 0.3) is 0 Å². The van der Waals surface area contributed by atoms with E-state index in [0.717, 1.165) is 4.47 Å². The standard InChI is InChI=1S/C13H13BrClNO3/c14-9-3-4-11(10(15)6-9)16-12(17)7-1-2-8(5-7)13(18)19/h3-4,6-8H,1-2,5H2,(H,16,17)(H,18,19)/t7-,8+/m1/s1. The molecule has 0 aliphatic heterocycles. The molecule has 1 amide bonds. The van der Waals surface area contributed by atoms with Crippen LogP contribution in [0.3, 0.4) is 0 Å². The molecule has 1 aromatic carbocycles. The zero-order valence-electron chi connectivity index (χ0n) is 10.0. The molecule has 1 fully saturated rings. The van der Waals surface area contributed by atoms with Gasteiger partial charge >= 0.3 is 5.97 Å². The van der Waals surface area contributed by atoms with E-state index in [0.29, 0.717) is 30.0 Å². The van der Waals surface area contributed by atoms with Crippen LogP contribution in [0.2, 0.25) is 5.02 Å². The number of carbonyl (C=O) groups excluding carboxylic acids is 1. The Morgan fingerprint density at radius 2 is 2.00 bits per heavy atom. The molecule has 19 heavy (non-hydrogen) atoms. The maximum Gasteiger partial charge on any atom is 0.306 e. The molecule has 0 saturated heterocycles. The fraction of sp³-hybridized carbons (Fsp3) is 0.385. The number of carboxylic acid groups (broad SMARTS) is 1. The van der Waals surface area contributed by atoms with Gasteiger partial charge in [0.2, 0.25) is 5.91 Å². The molecule has 6 heteroatoms. The Balaban J connectivity index is 2.00. The third kappa shape index (κ3) is 3.48. The van der Waals surface area contributed by atoms with E-state index in [9.17, 15) is 9.59 Å². The second kappa shape index (κ2) is 5.92. The van der Waals surface area contributed by atoms with Gasteiger partial charge in [0.05, 0.1) is 16.6 Å². The molecule has 0 unspecified atom stereocenters. The number of carbonyl (C=O) groups is 2. The molecule has 1 aliphatic rings. The zero-order chi connectivity index (χ0) is 14.0. The Morgan fingerprint density at radius 1 is 1.32 bits per heavy atom. The van der Waals surface area contributed by atoms with Crippen molar-refractivity contribution in [2.24, 2.45) is 11.8 Å². The molecule has 0 spiro atoms. The van der Waals surface area contributed by atoms with Crippen LogP contribution in [0.5, 0.6) is 0 Å². The zero-order valence-corrected chi connectivity index (χ0v) is 12.4. The predicted molar refractivity (Wildman–Crippen MR) is 76.2 cm³/mol. The van der Waals surface area contributed by atoms with Crippen molar-refractivity contribution >= 4 is 45.1 Å². The van der Waals surface area contributed by atoms with Crippen LogP contribution < -0.4 is 5.32 Å². The fourth-order valence-corrected chi connectivity index (χ4v) is 2.99. The third-order valence-corrected chi connectivity index (χ3v) is 4.15. The van der Waals surface area contributed by atoms with Crippen LogP contribution in [0.1, 0.15) is 19.3 Å². The third-order valence-electron chi connectivity index (χ3n) is 3.34. The average molecular weight is 347 g/mol. The Morgan fingerprint density at radius 3 is 2.58 bits per heavy atom. The smallest absolute Gasteiger partial charge is 0.306 e. The second-order valence-corrected chi connectivity index (χ2v) is 5.98. The van der Waals surface area contributed by atoms with Gasteiger partial charge in [0.15, 0.2) is 0 Å². The second-order valence-electron chi connectivity index (χ2n) is 4.66. The first kappa shape index (κ1) is 14.3. The molecule has 1 aromatic rings. The number of rotatable bonds is 3. The van der Waals surface area contributed by atoms with Crippen molar-refractivity contribution in [1.29, 1.82) is 0 Å². The summed E-state index contributed by atoms with van der Waals surface area (Å²) in [6, 6.07) is 5.20. The molecule has 2 atom stereocenters. The lowest BCUT2D eigenvalue weighted by Gasteiger charge is -2.12. The molecular weight excluding hydrogens is 334 g/mol. The predicted octanol–water partition coefficient (Wildman–Crippen LogP) is 3.54. The fourth-order valence-electron chi connectivity index (χ4n) is 2.27. The lowest BCUT2D eigenvalue weighted by Crippen LogP contribution is -2.21. The summed E-state index contributed by atoms with van der Waals surface area (Å²) < 4.78 is 0.835. The highest BCUT2D eigenvalue weighted by molar-refractivity contribution is 9.10. The minimum Gasteiger partial charge on any atom is -0.481 e. The van der Waals surface area contributed by atoms with Crippen LogP contribution in [0, 0.1) is 11.8 Å². The summed E-state index contributed by atoms with van der Waals surface area (Å²) in [7, 11) is 0. The summed E-state index contributed by atoms with van der Waals surface area (Å²) in [5.74, 6) is -1.64. The van der Waals surface area contributed by atoms with E-state index in [4.69, 9.17) is 16.7 Å². The maximum atomic E-state index is 12.0. The van der Waals surface area contributed by atoms with E-state index in [2.05, 4.69) is 21.2 Å². The summed E-state index contributed by atoms with van der Waals surface area (Å²) in [6.07, 6.45) is 1.56. The highest BCUT2D eigenvalue weighted by Gasteiger charge is 2.33. The Bertz CT molecular complexity index is 521. The van der Waals surface area contributed by atoms with Crippen LogP contribution in [-0.2, 0) is 9.59 Å². The monoisotopic (exact) mass is 345 g/mol. The first-order valence-electron chi connectivity index (χ1n) is 5.96. The number of nitrogens with one attached hydrogen (secondary N) is 1. The number of benzene rings is 1. The average Bonchev–Trinajstić information content (AvgIpc) is 2.82. The first-order valence-corrected chi connectivity index (χ1v) is 7.13. The quantitative estimate of drug-likeness (QED) is 0.879. The number of carboxylic acids is 1. The highest BCUT2D eigenvalue weighted by Crippen LogP contribution is 2.33. The van der Waals surface area contributed by atoms with E-state index >= 15 is 0 Å². The van der Waals surface area contributed by atoms with Crippen molar-refractivity contribution in [1.82, 2.24) is 0 Å². The van der Waals surface area contributed by atoms with Gasteiger partial charge < -0.3 is 10.4 Å². The summed E-state index contributed by atoms with van der Waals surface area (Å²) in [6.45, 7) is 0. The van der Waals surface area contributed by atoms with Crippen molar-refractivity contribution in [2.45, 2.75) is 19.3 Å². The molecule has 0 bridgehead atoms. The number of hydrogen-bond donors (Lipinski definition) is 2. The van der Waals surface area contributed by atoms with Gasteiger partial charge in [-0.2, -0.15) is 0 Å². The van der Waals surface area contributed by atoms with E-state index in [-0.39, 0.29) is 11.8 Å². The molecule has 2 rings (SSSR count). The van der Waals surface area contributed by atoms with Crippen LogP contribution in [-0.4, -0.2) is 17.0 Å². The van der Waals surface area contributed by atoms with Gasteiger partial charge in [-0.25, -0.2) is 0 Å². The van der Waals surface area contributed by atoms with Crippen molar-refractivity contribution in [3.8, 4) is 0 Å². The van der Waals surface area contributed by atoms with E-state index in [1.807, 2.05) is 0 Å². The van der Waals surface area contributed by atoms with Gasteiger partial charge in [-0.1, -0.05) is 27.5 Å². The van der Waals surface area contributed by atoms with E-state index in [1.54, 1.807) is 18.2 Å². The molecule has 4 nitrogen and oxygen atoms in total. The Labute approximate surface area is 124 Å². The van der Waals surface area contributed by atoms with E-state index in [1.165, 1.54) is 0 Å². The van der Waals surface area contributed by atoms with Gasteiger partial charge in [-0.15, -0.1) is 0 Å². The van der Waals surface area contributed by atoms with Gasteiger partial charge in [-0.3, -0.25) is 9.59 Å². The minimum atomic E-state index is -0.822. The van der Waals surface area contributed by atoms with Crippen LogP contribution in [0.4, 0.5) is 5.69 Å².